The van der Waals surface area contributed by atoms with Gasteiger partial charge in [0.25, 0.3) is 11.5 Å². The first kappa shape index (κ1) is 22.9. The number of benzene rings is 2. The van der Waals surface area contributed by atoms with E-state index in [1.807, 2.05) is 73.0 Å². The van der Waals surface area contributed by atoms with E-state index in [1.165, 1.54) is 26.9 Å². The second kappa shape index (κ2) is 10.1. The zero-order chi connectivity index (χ0) is 24.1. The lowest BCUT2D eigenvalue weighted by molar-refractivity contribution is -0.114. The van der Waals surface area contributed by atoms with E-state index in [2.05, 4.69) is 9.97 Å². The molecule has 8 nitrogen and oxygen atoms in total. The van der Waals surface area contributed by atoms with E-state index in [-0.39, 0.29) is 24.6 Å². The molecule has 0 saturated heterocycles. The maximum Gasteiger partial charge on any atom is 0.330 e. The molecule has 2 aromatic heterocycles. The number of hydrogen-bond donors (Lipinski definition) is 2. The average Bonchev–Trinajstić information content (AvgIpc) is 3.26. The van der Waals surface area contributed by atoms with Gasteiger partial charge >= 0.3 is 5.69 Å². The number of aromatic amines is 1. The number of carbonyl (C=O) groups excluding carboxylic acids is 1. The molecule has 0 radical (unpaired) electrons. The van der Waals surface area contributed by atoms with Gasteiger partial charge in [-0.2, -0.15) is 0 Å². The van der Waals surface area contributed by atoms with Gasteiger partial charge in [0.2, 0.25) is 0 Å². The number of rotatable bonds is 7. The highest BCUT2D eigenvalue weighted by Gasteiger charge is 2.23. The third-order valence-corrected chi connectivity index (χ3v) is 5.94. The molecule has 4 aromatic rings. The van der Waals surface area contributed by atoms with Crippen LogP contribution in [0.1, 0.15) is 21.8 Å². The Kier molecular flexibility index (Phi) is 6.84. The van der Waals surface area contributed by atoms with E-state index in [4.69, 9.17) is 5.73 Å². The molecule has 2 aromatic carbocycles. The Bertz CT molecular complexity index is 1440. The maximum atomic E-state index is 13.3. The fourth-order valence-corrected chi connectivity index (χ4v) is 4.08. The van der Waals surface area contributed by atoms with Gasteiger partial charge in [-0.05, 0) is 24.1 Å². The molecule has 4 rings (SSSR count). The van der Waals surface area contributed by atoms with Crippen LogP contribution in [0.25, 0.3) is 6.08 Å². The molecule has 1 amide bonds. The highest BCUT2D eigenvalue weighted by atomic mass is 32.1. The number of anilines is 2. The Labute approximate surface area is 199 Å². The predicted molar refractivity (Wildman–Crippen MR) is 135 cm³/mol. The van der Waals surface area contributed by atoms with Crippen molar-refractivity contribution in [2.75, 3.05) is 10.6 Å². The number of amides is 1. The summed E-state index contributed by atoms with van der Waals surface area (Å²) < 4.78 is 1.25. The summed E-state index contributed by atoms with van der Waals surface area (Å²) in [6.45, 7) is 2.12. The Morgan fingerprint density at radius 2 is 1.74 bits per heavy atom. The summed E-state index contributed by atoms with van der Waals surface area (Å²) >= 11 is 1.47. The maximum absolute atomic E-state index is 13.3. The van der Waals surface area contributed by atoms with Crippen molar-refractivity contribution < 1.29 is 4.79 Å². The molecule has 0 unspecified atom stereocenters. The topological polar surface area (TPSA) is 114 Å². The Morgan fingerprint density at radius 1 is 1.09 bits per heavy atom. The van der Waals surface area contributed by atoms with Crippen molar-refractivity contribution in [1.82, 2.24) is 14.5 Å². The second-order valence-corrected chi connectivity index (χ2v) is 8.66. The van der Waals surface area contributed by atoms with Crippen molar-refractivity contribution in [3.63, 3.8) is 0 Å². The molecule has 0 saturated carbocycles. The van der Waals surface area contributed by atoms with Gasteiger partial charge in [0.1, 0.15) is 5.82 Å². The molecule has 0 atom stereocenters. The van der Waals surface area contributed by atoms with Gasteiger partial charge in [-0.25, -0.2) is 9.78 Å². The molecule has 0 bridgehead atoms. The quantitative estimate of drug-likeness (QED) is 0.400. The minimum Gasteiger partial charge on any atom is -0.383 e. The number of nitrogen functional groups attached to an aromatic ring is 1. The second-order valence-electron chi connectivity index (χ2n) is 7.60. The molecule has 0 aliphatic rings. The highest BCUT2D eigenvalue weighted by Crippen LogP contribution is 2.21. The lowest BCUT2D eigenvalue weighted by Gasteiger charge is -2.23. The van der Waals surface area contributed by atoms with Crippen LogP contribution >= 0.6 is 11.3 Å². The third kappa shape index (κ3) is 5.21. The van der Waals surface area contributed by atoms with Crippen molar-refractivity contribution in [1.29, 1.82) is 0 Å². The summed E-state index contributed by atoms with van der Waals surface area (Å²) in [4.78, 5) is 46.7. The summed E-state index contributed by atoms with van der Waals surface area (Å²) in [5, 5.41) is 2.71. The summed E-state index contributed by atoms with van der Waals surface area (Å²) in [5.41, 5.74) is 7.17. The molecule has 0 spiro atoms. The Hall–Kier alpha value is -4.24. The van der Waals surface area contributed by atoms with Crippen molar-refractivity contribution in [2.45, 2.75) is 20.0 Å². The first-order chi connectivity index (χ1) is 16.4. The lowest BCUT2D eigenvalue weighted by Crippen LogP contribution is -2.40. The number of H-pyrrole nitrogens is 1. The first-order valence-electron chi connectivity index (χ1n) is 10.5. The van der Waals surface area contributed by atoms with Crippen molar-refractivity contribution in [2.24, 2.45) is 0 Å². The molecule has 0 fully saturated rings. The number of nitrogens with two attached hydrogens (primary N) is 1. The third-order valence-electron chi connectivity index (χ3n) is 5.15. The van der Waals surface area contributed by atoms with E-state index < -0.39 is 17.2 Å². The first-order valence-corrected chi connectivity index (χ1v) is 11.4. The smallest absolute Gasteiger partial charge is 0.330 e. The zero-order valence-electron chi connectivity index (χ0n) is 18.5. The fraction of sp³-hybridized carbons (Fsp3) is 0.120. The van der Waals surface area contributed by atoms with Crippen molar-refractivity contribution in [3.8, 4) is 0 Å². The number of aryl methyl sites for hydroxylation is 1. The number of nitrogens with zero attached hydrogens (tertiary/aromatic N) is 3. The summed E-state index contributed by atoms with van der Waals surface area (Å²) in [6, 6.07) is 18.5. The van der Waals surface area contributed by atoms with Crippen LogP contribution in [0.3, 0.4) is 0 Å². The molecular formula is C25H23N5O3S. The molecule has 3 N–H and O–H groups in total. The molecule has 172 valence electrons. The van der Waals surface area contributed by atoms with E-state index in [0.29, 0.717) is 5.69 Å². The number of thiazole rings is 1. The van der Waals surface area contributed by atoms with Gasteiger partial charge in [-0.3, -0.25) is 24.0 Å². The SMILES string of the molecule is Cc1nc(/C=C/C(=O)N(Cc2ccccc2)c2c(N)n(Cc3ccccc3)c(=O)[nH]c2=O)cs1. The minimum atomic E-state index is -0.728. The van der Waals surface area contributed by atoms with Gasteiger partial charge in [0.15, 0.2) is 5.69 Å². The summed E-state index contributed by atoms with van der Waals surface area (Å²) in [5.74, 6) is -0.545. The van der Waals surface area contributed by atoms with Crippen LogP contribution in [0.15, 0.2) is 81.7 Å². The molecule has 0 aliphatic heterocycles. The highest BCUT2D eigenvalue weighted by molar-refractivity contribution is 7.09. The van der Waals surface area contributed by atoms with Crippen LogP contribution in [0, 0.1) is 6.92 Å². The van der Waals surface area contributed by atoms with Crippen LogP contribution in [-0.4, -0.2) is 20.4 Å². The zero-order valence-corrected chi connectivity index (χ0v) is 19.3. The number of aromatic nitrogens is 3. The van der Waals surface area contributed by atoms with E-state index in [9.17, 15) is 14.4 Å². The molecule has 9 heteroatoms. The van der Waals surface area contributed by atoms with Crippen molar-refractivity contribution in [3.05, 3.63) is 115 Å². The van der Waals surface area contributed by atoms with Gasteiger partial charge in [0.05, 0.1) is 23.8 Å². The lowest BCUT2D eigenvalue weighted by atomic mass is 10.2. The fourth-order valence-electron chi connectivity index (χ4n) is 3.50. The standard InChI is InChI=1S/C25H23N5O3S/c1-17-27-20(16-34-17)12-13-21(31)29(14-18-8-4-2-5-9-18)22-23(26)30(25(33)28-24(22)32)15-19-10-6-3-7-11-19/h2-13,16H,14-15,26H2,1H3,(H,28,32,33)/b13-12+. The van der Waals surface area contributed by atoms with E-state index in [1.54, 1.807) is 6.08 Å². The average molecular weight is 474 g/mol. The molecule has 34 heavy (non-hydrogen) atoms. The van der Waals surface area contributed by atoms with E-state index >= 15 is 0 Å². The van der Waals surface area contributed by atoms with Crippen LogP contribution < -0.4 is 21.9 Å². The molecular weight excluding hydrogens is 450 g/mol. The van der Waals surface area contributed by atoms with Crippen LogP contribution in [0.4, 0.5) is 11.5 Å². The van der Waals surface area contributed by atoms with Gasteiger partial charge < -0.3 is 5.73 Å². The van der Waals surface area contributed by atoms with Gasteiger partial charge in [-0.15, -0.1) is 11.3 Å². The van der Waals surface area contributed by atoms with Gasteiger partial charge in [0, 0.05) is 11.5 Å². The minimum absolute atomic E-state index is 0.0801. The molecule has 2 heterocycles. The van der Waals surface area contributed by atoms with Crippen LogP contribution in [0.5, 0.6) is 0 Å². The van der Waals surface area contributed by atoms with Crippen LogP contribution in [-0.2, 0) is 17.9 Å². The largest absolute Gasteiger partial charge is 0.383 e. The monoisotopic (exact) mass is 473 g/mol. The Balaban J connectivity index is 1.77. The van der Waals surface area contributed by atoms with Gasteiger partial charge in [-0.1, -0.05) is 60.7 Å². The summed E-state index contributed by atoms with van der Waals surface area (Å²) in [6.07, 6.45) is 2.94. The summed E-state index contributed by atoms with van der Waals surface area (Å²) in [7, 11) is 0. The number of hydrogen-bond acceptors (Lipinski definition) is 6. The Morgan fingerprint density at radius 3 is 2.35 bits per heavy atom. The predicted octanol–water partition coefficient (Wildman–Crippen LogP) is 3.18. The normalized spacial score (nSPS) is 11.1. The van der Waals surface area contributed by atoms with E-state index in [0.717, 1.165) is 16.1 Å². The van der Waals surface area contributed by atoms with Crippen molar-refractivity contribution >= 4 is 34.8 Å². The van der Waals surface area contributed by atoms with Crippen LogP contribution in [0.2, 0.25) is 0 Å². The molecule has 0 aliphatic carbocycles. The number of nitrogens with one attached hydrogen (secondary N) is 1. The number of carbonyl (C=O) groups is 1.